The summed E-state index contributed by atoms with van der Waals surface area (Å²) in [6.07, 6.45) is 3.32. The Morgan fingerprint density at radius 2 is 2.24 bits per heavy atom. The Labute approximate surface area is 109 Å². The lowest BCUT2D eigenvalue weighted by Crippen LogP contribution is -2.23. The van der Waals surface area contributed by atoms with Crippen molar-refractivity contribution in [1.29, 1.82) is 0 Å². The maximum atomic E-state index is 11.9. The average molecular weight is 272 g/mol. The molecular weight excluding hydrogens is 258 g/mol. The van der Waals surface area contributed by atoms with Gasteiger partial charge in [0, 0.05) is 5.03 Å². The molecule has 1 rings (SSSR count). The van der Waals surface area contributed by atoms with Crippen molar-refractivity contribution < 1.29 is 4.79 Å². The SMILES string of the molecule is C/C=C(C)\C(NC(=O)c1cnc(N)s1)=C(/C)Cl. The number of nitrogens with one attached hydrogen (secondary N) is 1. The molecule has 0 aliphatic rings. The van der Waals surface area contributed by atoms with E-state index in [9.17, 15) is 4.79 Å². The number of hydrogen-bond donors (Lipinski definition) is 2. The van der Waals surface area contributed by atoms with Crippen LogP contribution < -0.4 is 11.1 Å². The lowest BCUT2D eigenvalue weighted by molar-refractivity contribution is 0.0970. The largest absolute Gasteiger partial charge is 0.375 e. The zero-order valence-electron chi connectivity index (χ0n) is 9.87. The van der Waals surface area contributed by atoms with Gasteiger partial charge in [-0.25, -0.2) is 4.98 Å². The summed E-state index contributed by atoms with van der Waals surface area (Å²) < 4.78 is 0. The minimum absolute atomic E-state index is 0.254. The van der Waals surface area contributed by atoms with Gasteiger partial charge in [-0.15, -0.1) is 0 Å². The highest BCUT2D eigenvalue weighted by molar-refractivity contribution is 7.17. The molecule has 0 aromatic carbocycles. The highest BCUT2D eigenvalue weighted by atomic mass is 35.5. The molecule has 3 N–H and O–H groups in total. The van der Waals surface area contributed by atoms with E-state index in [-0.39, 0.29) is 5.91 Å². The van der Waals surface area contributed by atoms with Crippen LogP contribution in [0.2, 0.25) is 0 Å². The Hall–Kier alpha value is -1.33. The van der Waals surface area contributed by atoms with Crippen LogP contribution in [0.25, 0.3) is 0 Å². The highest BCUT2D eigenvalue weighted by Gasteiger charge is 2.13. The molecule has 0 bridgehead atoms. The van der Waals surface area contributed by atoms with E-state index >= 15 is 0 Å². The molecule has 1 amide bonds. The van der Waals surface area contributed by atoms with Gasteiger partial charge in [0.1, 0.15) is 4.88 Å². The number of hydrogen-bond acceptors (Lipinski definition) is 4. The Balaban J connectivity index is 2.91. The average Bonchev–Trinajstić information content (AvgIpc) is 2.71. The second kappa shape index (κ2) is 5.84. The second-order valence-corrected chi connectivity index (χ2v) is 5.03. The van der Waals surface area contributed by atoms with E-state index in [1.165, 1.54) is 6.20 Å². The maximum Gasteiger partial charge on any atom is 0.267 e. The van der Waals surface area contributed by atoms with Crippen molar-refractivity contribution in [2.45, 2.75) is 20.8 Å². The number of nitrogens with zero attached hydrogens (tertiary/aromatic N) is 1. The van der Waals surface area contributed by atoms with Crippen LogP contribution in [-0.4, -0.2) is 10.9 Å². The molecule has 4 nitrogen and oxygen atoms in total. The van der Waals surface area contributed by atoms with E-state index in [2.05, 4.69) is 10.3 Å². The molecule has 0 fully saturated rings. The topological polar surface area (TPSA) is 68.0 Å². The van der Waals surface area contributed by atoms with Gasteiger partial charge in [-0.05, 0) is 26.3 Å². The molecule has 0 aliphatic heterocycles. The van der Waals surface area contributed by atoms with Gasteiger partial charge in [-0.1, -0.05) is 29.0 Å². The summed E-state index contributed by atoms with van der Waals surface area (Å²) in [6.45, 7) is 5.49. The number of nitrogen functional groups attached to an aromatic ring is 1. The summed E-state index contributed by atoms with van der Waals surface area (Å²) in [4.78, 5) is 16.2. The van der Waals surface area contributed by atoms with Gasteiger partial charge in [0.15, 0.2) is 5.13 Å². The van der Waals surface area contributed by atoms with Gasteiger partial charge < -0.3 is 11.1 Å². The first-order chi connectivity index (χ1) is 7.95. The van der Waals surface area contributed by atoms with Crippen molar-refractivity contribution in [3.05, 3.63) is 33.5 Å². The molecular formula is C11H14ClN3OS. The molecule has 0 saturated carbocycles. The van der Waals surface area contributed by atoms with Crippen LogP contribution in [0.4, 0.5) is 5.13 Å². The molecule has 6 heteroatoms. The predicted octanol–water partition coefficient (Wildman–Crippen LogP) is 2.89. The summed E-state index contributed by atoms with van der Waals surface area (Å²) in [5, 5.41) is 3.65. The number of anilines is 1. The first-order valence-corrected chi connectivity index (χ1v) is 6.17. The first kappa shape index (κ1) is 13.7. The summed E-state index contributed by atoms with van der Waals surface area (Å²) in [7, 11) is 0. The molecule has 0 spiro atoms. The van der Waals surface area contributed by atoms with Crippen LogP contribution in [0, 0.1) is 0 Å². The van der Waals surface area contributed by atoms with E-state index in [4.69, 9.17) is 17.3 Å². The summed E-state index contributed by atoms with van der Waals surface area (Å²) >= 11 is 7.08. The van der Waals surface area contributed by atoms with Gasteiger partial charge in [-0.3, -0.25) is 4.79 Å². The lowest BCUT2D eigenvalue weighted by atomic mass is 10.2. The Morgan fingerprint density at radius 1 is 1.59 bits per heavy atom. The zero-order valence-corrected chi connectivity index (χ0v) is 11.4. The van der Waals surface area contributed by atoms with Crippen LogP contribution in [0.15, 0.2) is 28.6 Å². The van der Waals surface area contributed by atoms with E-state index in [1.807, 2.05) is 19.9 Å². The van der Waals surface area contributed by atoms with Crippen LogP contribution in [0.5, 0.6) is 0 Å². The van der Waals surface area contributed by atoms with E-state index in [0.29, 0.717) is 20.7 Å². The van der Waals surface area contributed by atoms with Gasteiger partial charge >= 0.3 is 0 Å². The first-order valence-electron chi connectivity index (χ1n) is 4.98. The molecule has 1 aromatic heterocycles. The smallest absolute Gasteiger partial charge is 0.267 e. The molecule has 1 heterocycles. The summed E-state index contributed by atoms with van der Waals surface area (Å²) in [5.74, 6) is -0.254. The summed E-state index contributed by atoms with van der Waals surface area (Å²) in [6, 6.07) is 0. The van der Waals surface area contributed by atoms with E-state index in [1.54, 1.807) is 6.92 Å². The van der Waals surface area contributed by atoms with Crippen molar-refractivity contribution in [2.75, 3.05) is 5.73 Å². The molecule has 92 valence electrons. The molecule has 0 unspecified atom stereocenters. The Kier molecular flexibility index (Phi) is 4.72. The van der Waals surface area contributed by atoms with Crippen molar-refractivity contribution in [3.63, 3.8) is 0 Å². The third-order valence-electron chi connectivity index (χ3n) is 2.16. The molecule has 17 heavy (non-hydrogen) atoms. The Bertz CT molecular complexity index is 487. The summed E-state index contributed by atoms with van der Waals surface area (Å²) in [5.41, 5.74) is 6.99. The number of amides is 1. The number of thiazole rings is 1. The van der Waals surface area contributed by atoms with E-state index in [0.717, 1.165) is 16.9 Å². The lowest BCUT2D eigenvalue weighted by Gasteiger charge is -2.10. The monoisotopic (exact) mass is 271 g/mol. The fourth-order valence-electron chi connectivity index (χ4n) is 1.17. The quantitative estimate of drug-likeness (QED) is 0.831. The van der Waals surface area contributed by atoms with Gasteiger partial charge in [-0.2, -0.15) is 0 Å². The highest BCUT2D eigenvalue weighted by Crippen LogP contribution is 2.18. The molecule has 1 aromatic rings. The minimum Gasteiger partial charge on any atom is -0.375 e. The number of carbonyl (C=O) groups excluding carboxylic acids is 1. The van der Waals surface area contributed by atoms with Crippen LogP contribution in [-0.2, 0) is 0 Å². The van der Waals surface area contributed by atoms with Crippen molar-refractivity contribution in [3.8, 4) is 0 Å². The number of allylic oxidation sites excluding steroid dienone is 3. The second-order valence-electron chi connectivity index (χ2n) is 3.40. The fraction of sp³-hybridized carbons (Fsp3) is 0.273. The minimum atomic E-state index is -0.254. The number of aromatic nitrogens is 1. The van der Waals surface area contributed by atoms with Crippen molar-refractivity contribution in [2.24, 2.45) is 0 Å². The van der Waals surface area contributed by atoms with Crippen molar-refractivity contribution >= 4 is 34.0 Å². The third kappa shape index (κ3) is 3.57. The van der Waals surface area contributed by atoms with Crippen molar-refractivity contribution in [1.82, 2.24) is 10.3 Å². The normalized spacial score (nSPS) is 13.3. The van der Waals surface area contributed by atoms with Crippen LogP contribution in [0.1, 0.15) is 30.4 Å². The number of rotatable bonds is 3. The van der Waals surface area contributed by atoms with Gasteiger partial charge in [0.2, 0.25) is 0 Å². The predicted molar refractivity (Wildman–Crippen MR) is 72.0 cm³/mol. The third-order valence-corrected chi connectivity index (χ3v) is 3.17. The van der Waals surface area contributed by atoms with Gasteiger partial charge in [0.05, 0.1) is 11.9 Å². The number of halogens is 1. The molecule has 0 saturated heterocycles. The zero-order chi connectivity index (χ0) is 13.0. The van der Waals surface area contributed by atoms with Crippen LogP contribution >= 0.6 is 22.9 Å². The number of carbonyl (C=O) groups is 1. The Morgan fingerprint density at radius 3 is 2.65 bits per heavy atom. The fourth-order valence-corrected chi connectivity index (χ4v) is 1.94. The maximum absolute atomic E-state index is 11.9. The van der Waals surface area contributed by atoms with Gasteiger partial charge in [0.25, 0.3) is 5.91 Å². The molecule has 0 radical (unpaired) electrons. The van der Waals surface area contributed by atoms with Crippen LogP contribution in [0.3, 0.4) is 0 Å². The standard InChI is InChI=1S/C11H14ClN3OS/c1-4-6(2)9(7(3)12)15-10(16)8-5-14-11(13)17-8/h4-5H,1-3H3,(H2,13,14)(H,15,16)/b6-4-,9-7-. The van der Waals surface area contributed by atoms with E-state index < -0.39 is 0 Å². The molecule has 0 atom stereocenters. The number of nitrogens with two attached hydrogens (primary N) is 1. The molecule has 0 aliphatic carbocycles.